The van der Waals surface area contributed by atoms with Crippen LogP contribution in [0, 0.1) is 0 Å². The van der Waals surface area contributed by atoms with Crippen molar-refractivity contribution < 1.29 is 14.3 Å². The van der Waals surface area contributed by atoms with Crippen LogP contribution in [0.3, 0.4) is 0 Å². The molecule has 0 radical (unpaired) electrons. The predicted octanol–water partition coefficient (Wildman–Crippen LogP) is 3.97. The maximum absolute atomic E-state index is 11.4. The van der Waals surface area contributed by atoms with Gasteiger partial charge in [0.05, 0.1) is 0 Å². The van der Waals surface area contributed by atoms with E-state index in [4.69, 9.17) is 4.74 Å². The van der Waals surface area contributed by atoms with Crippen LogP contribution in [0.1, 0.15) is 72.6 Å². The van der Waals surface area contributed by atoms with E-state index in [9.17, 15) is 9.59 Å². The normalized spacial score (nSPS) is 11.0. The van der Waals surface area contributed by atoms with Crippen molar-refractivity contribution in [3.8, 4) is 0 Å². The van der Waals surface area contributed by atoms with Crippen molar-refractivity contribution in [3.63, 3.8) is 0 Å². The second kappa shape index (κ2) is 10.5. The van der Waals surface area contributed by atoms with Gasteiger partial charge < -0.3 is 10.1 Å². The van der Waals surface area contributed by atoms with Gasteiger partial charge in [0.15, 0.2) is 0 Å². The molecule has 0 aromatic heterocycles. The molecule has 0 heterocycles. The summed E-state index contributed by atoms with van der Waals surface area (Å²) in [6.45, 7) is 8.31. The third kappa shape index (κ3) is 10.6. The summed E-state index contributed by atoms with van der Waals surface area (Å²) >= 11 is 0. The number of nitrogens with one attached hydrogen (secondary N) is 2. The van der Waals surface area contributed by atoms with E-state index in [1.807, 2.05) is 6.92 Å². The lowest BCUT2D eigenvalue weighted by Gasteiger charge is -2.22. The Morgan fingerprint density at radius 2 is 1.60 bits per heavy atom. The fourth-order valence-corrected chi connectivity index (χ4v) is 1.59. The maximum Gasteiger partial charge on any atom is 0.415 e. The molecule has 0 aliphatic heterocycles. The van der Waals surface area contributed by atoms with E-state index in [1.54, 1.807) is 13.8 Å². The molecule has 3 amide bonds. The van der Waals surface area contributed by atoms with E-state index in [-0.39, 0.29) is 0 Å². The Kier molecular flexibility index (Phi) is 9.86. The number of hydrogen-bond donors (Lipinski definition) is 2. The second-order valence-electron chi connectivity index (χ2n) is 5.65. The van der Waals surface area contributed by atoms with Crippen molar-refractivity contribution in [2.24, 2.45) is 0 Å². The van der Waals surface area contributed by atoms with Gasteiger partial charge in [0.1, 0.15) is 5.60 Å². The topological polar surface area (TPSA) is 67.4 Å². The van der Waals surface area contributed by atoms with Crippen molar-refractivity contribution in [1.29, 1.82) is 0 Å². The van der Waals surface area contributed by atoms with Crippen LogP contribution in [-0.4, -0.2) is 24.3 Å². The van der Waals surface area contributed by atoms with Crippen molar-refractivity contribution in [1.82, 2.24) is 10.6 Å². The first-order valence-corrected chi connectivity index (χ1v) is 7.69. The number of imide groups is 1. The zero-order valence-electron chi connectivity index (χ0n) is 13.4. The monoisotopic (exact) mass is 286 g/mol. The molecule has 2 N–H and O–H groups in total. The van der Waals surface area contributed by atoms with Gasteiger partial charge in [0.25, 0.3) is 0 Å². The summed E-state index contributed by atoms with van der Waals surface area (Å²) in [4.78, 5) is 22.9. The largest absolute Gasteiger partial charge is 0.443 e. The number of alkyl carbamates (subject to hydrolysis) is 1. The summed E-state index contributed by atoms with van der Waals surface area (Å²) in [5.41, 5.74) is -0.552. The van der Waals surface area contributed by atoms with Gasteiger partial charge in [-0.15, -0.1) is 0 Å². The molecule has 0 atom stereocenters. The molecule has 0 aliphatic rings. The molecule has 0 aromatic carbocycles. The number of amides is 3. The van der Waals surface area contributed by atoms with E-state index in [2.05, 4.69) is 17.6 Å². The lowest BCUT2D eigenvalue weighted by atomic mass is 10.1. The van der Waals surface area contributed by atoms with Gasteiger partial charge in [0, 0.05) is 6.54 Å². The highest BCUT2D eigenvalue weighted by Gasteiger charge is 2.21. The molecule has 0 aromatic rings. The van der Waals surface area contributed by atoms with Crippen LogP contribution in [0.4, 0.5) is 9.59 Å². The molecule has 0 unspecified atom stereocenters. The van der Waals surface area contributed by atoms with Crippen molar-refractivity contribution in [2.75, 3.05) is 6.54 Å². The number of carbonyl (C=O) groups excluding carboxylic acids is 2. The number of rotatable bonds is 9. The minimum Gasteiger partial charge on any atom is -0.443 e. The van der Waals surface area contributed by atoms with Crippen molar-refractivity contribution in [3.05, 3.63) is 0 Å². The number of carbonyl (C=O) groups is 2. The molecule has 0 rings (SSSR count). The number of urea groups is 1. The van der Waals surface area contributed by atoms with E-state index in [0.29, 0.717) is 13.0 Å². The van der Waals surface area contributed by atoms with E-state index >= 15 is 0 Å². The Balaban J connectivity index is 3.61. The lowest BCUT2D eigenvalue weighted by molar-refractivity contribution is 0.0382. The molecule has 118 valence electrons. The highest BCUT2D eigenvalue weighted by molar-refractivity contribution is 5.90. The van der Waals surface area contributed by atoms with Gasteiger partial charge in [-0.3, -0.25) is 0 Å². The summed E-state index contributed by atoms with van der Waals surface area (Å²) < 4.78 is 5.12. The second-order valence-corrected chi connectivity index (χ2v) is 5.65. The SMILES string of the molecule is CCCCCCCCNC(=O)NC(=O)OC(C)(C)CC. The van der Waals surface area contributed by atoms with Crippen LogP contribution in [0.25, 0.3) is 0 Å². The van der Waals surface area contributed by atoms with Crippen molar-refractivity contribution >= 4 is 12.1 Å². The summed E-state index contributed by atoms with van der Waals surface area (Å²) in [5, 5.41) is 4.83. The molecular formula is C15H30N2O3. The van der Waals surface area contributed by atoms with Crippen molar-refractivity contribution in [2.45, 2.75) is 78.2 Å². The van der Waals surface area contributed by atoms with Crippen LogP contribution in [-0.2, 0) is 4.74 Å². The average molecular weight is 286 g/mol. The summed E-state index contributed by atoms with van der Waals surface area (Å²) in [7, 11) is 0. The summed E-state index contributed by atoms with van der Waals surface area (Å²) in [5.74, 6) is 0. The van der Waals surface area contributed by atoms with Crippen LogP contribution in [0.2, 0.25) is 0 Å². The third-order valence-electron chi connectivity index (χ3n) is 3.25. The molecule has 0 saturated carbocycles. The first kappa shape index (κ1) is 18.7. The molecule has 0 bridgehead atoms. The molecule has 20 heavy (non-hydrogen) atoms. The highest BCUT2D eigenvalue weighted by Crippen LogP contribution is 2.13. The quantitative estimate of drug-likeness (QED) is 0.630. The van der Waals surface area contributed by atoms with Crippen LogP contribution >= 0.6 is 0 Å². The molecular weight excluding hydrogens is 256 g/mol. The molecule has 5 nitrogen and oxygen atoms in total. The van der Waals surface area contributed by atoms with E-state index in [0.717, 1.165) is 12.8 Å². The lowest BCUT2D eigenvalue weighted by Crippen LogP contribution is -2.43. The number of unbranched alkanes of at least 4 members (excludes halogenated alkanes) is 5. The van der Waals surface area contributed by atoms with Crippen LogP contribution < -0.4 is 10.6 Å². The fourth-order valence-electron chi connectivity index (χ4n) is 1.59. The number of hydrogen-bond acceptors (Lipinski definition) is 3. The number of ether oxygens (including phenoxy) is 1. The molecule has 0 aliphatic carbocycles. The maximum atomic E-state index is 11.4. The van der Waals surface area contributed by atoms with Crippen LogP contribution in [0.15, 0.2) is 0 Å². The minimum absolute atomic E-state index is 0.490. The average Bonchev–Trinajstić information content (AvgIpc) is 2.37. The predicted molar refractivity (Wildman–Crippen MR) is 80.8 cm³/mol. The zero-order valence-corrected chi connectivity index (χ0v) is 13.4. The van der Waals surface area contributed by atoms with Gasteiger partial charge in [-0.1, -0.05) is 46.0 Å². The summed E-state index contributed by atoms with van der Waals surface area (Å²) in [6.07, 6.45) is 6.99. The fraction of sp³-hybridized carbons (Fsp3) is 0.867. The Morgan fingerprint density at radius 1 is 1.00 bits per heavy atom. The van der Waals surface area contributed by atoms with Gasteiger partial charge in [-0.2, -0.15) is 0 Å². The first-order chi connectivity index (χ1) is 9.41. The van der Waals surface area contributed by atoms with E-state index in [1.165, 1.54) is 25.7 Å². The van der Waals surface area contributed by atoms with Gasteiger partial charge in [-0.25, -0.2) is 14.9 Å². The standard InChI is InChI=1S/C15H30N2O3/c1-5-7-8-9-10-11-12-16-13(18)17-14(19)20-15(3,4)6-2/h5-12H2,1-4H3,(H2,16,17,18,19). The first-order valence-electron chi connectivity index (χ1n) is 7.69. The molecule has 0 fully saturated rings. The summed E-state index contributed by atoms with van der Waals surface area (Å²) in [6, 6.07) is -0.490. The Labute approximate surface area is 122 Å². The molecule has 0 saturated heterocycles. The zero-order chi connectivity index (χ0) is 15.4. The Hall–Kier alpha value is -1.26. The van der Waals surface area contributed by atoms with Gasteiger partial charge >= 0.3 is 12.1 Å². The smallest absolute Gasteiger partial charge is 0.415 e. The molecule has 5 heteroatoms. The Morgan fingerprint density at radius 3 is 2.20 bits per heavy atom. The minimum atomic E-state index is -0.697. The van der Waals surface area contributed by atoms with Gasteiger partial charge in [0.2, 0.25) is 0 Å². The third-order valence-corrected chi connectivity index (χ3v) is 3.25. The molecule has 0 spiro atoms. The highest BCUT2D eigenvalue weighted by atomic mass is 16.6. The Bertz CT molecular complexity index is 291. The van der Waals surface area contributed by atoms with E-state index < -0.39 is 17.7 Å². The van der Waals surface area contributed by atoms with Gasteiger partial charge in [-0.05, 0) is 26.7 Å². The van der Waals surface area contributed by atoms with Crippen LogP contribution in [0.5, 0.6) is 0 Å².